The molecule has 1 aromatic heterocycles. The summed E-state index contributed by atoms with van der Waals surface area (Å²) < 4.78 is 37.0. The van der Waals surface area contributed by atoms with E-state index in [9.17, 15) is 13.2 Å². The van der Waals surface area contributed by atoms with Crippen molar-refractivity contribution in [1.82, 2.24) is 9.97 Å². The molecule has 1 rings (SSSR count). The highest BCUT2D eigenvalue weighted by atomic mass is 79.9. The predicted octanol–water partition coefficient (Wildman–Crippen LogP) is 3.75. The van der Waals surface area contributed by atoms with Crippen LogP contribution in [0.15, 0.2) is 10.7 Å². The summed E-state index contributed by atoms with van der Waals surface area (Å²) in [5.41, 5.74) is 0. The second kappa shape index (κ2) is 5.86. The fourth-order valence-electron chi connectivity index (χ4n) is 1.29. The summed E-state index contributed by atoms with van der Waals surface area (Å²) in [7, 11) is 1.59. The molecule has 0 aliphatic carbocycles. The third-order valence-corrected chi connectivity index (χ3v) is 2.74. The van der Waals surface area contributed by atoms with Crippen LogP contribution in [0, 0.1) is 0 Å². The summed E-state index contributed by atoms with van der Waals surface area (Å²) in [6.07, 6.45) is -5.01. The standard InChI is InChI=1S/C11H15BrF3N3/c1-7(2)10-16-8(12)6-9(17-10)18(3)5-4-11(13,14)15/h6-7H,4-5H2,1-3H3. The van der Waals surface area contributed by atoms with Gasteiger partial charge >= 0.3 is 6.18 Å². The van der Waals surface area contributed by atoms with Gasteiger partial charge in [0.25, 0.3) is 0 Å². The Bertz CT molecular complexity index is 407. The van der Waals surface area contributed by atoms with E-state index in [1.165, 1.54) is 4.90 Å². The van der Waals surface area contributed by atoms with Crippen molar-refractivity contribution in [3.63, 3.8) is 0 Å². The van der Waals surface area contributed by atoms with Crippen molar-refractivity contribution in [3.05, 3.63) is 16.5 Å². The van der Waals surface area contributed by atoms with Gasteiger partial charge in [-0.3, -0.25) is 0 Å². The molecular formula is C11H15BrF3N3. The molecule has 3 nitrogen and oxygen atoms in total. The highest BCUT2D eigenvalue weighted by molar-refractivity contribution is 9.10. The lowest BCUT2D eigenvalue weighted by Crippen LogP contribution is -2.25. The highest BCUT2D eigenvalue weighted by Crippen LogP contribution is 2.23. The van der Waals surface area contributed by atoms with Gasteiger partial charge in [-0.2, -0.15) is 13.2 Å². The fourth-order valence-corrected chi connectivity index (χ4v) is 1.67. The molecule has 18 heavy (non-hydrogen) atoms. The Morgan fingerprint density at radius 3 is 2.44 bits per heavy atom. The van der Waals surface area contributed by atoms with Gasteiger partial charge in [0.2, 0.25) is 0 Å². The van der Waals surface area contributed by atoms with Crippen LogP contribution < -0.4 is 4.90 Å². The number of alkyl halides is 3. The van der Waals surface area contributed by atoms with Gasteiger partial charge in [0.15, 0.2) is 0 Å². The van der Waals surface area contributed by atoms with Gasteiger partial charge in [0.1, 0.15) is 16.2 Å². The molecule has 0 bridgehead atoms. The average molecular weight is 326 g/mol. The summed E-state index contributed by atoms with van der Waals surface area (Å²) in [5.74, 6) is 1.22. The van der Waals surface area contributed by atoms with Gasteiger partial charge in [-0.1, -0.05) is 13.8 Å². The Labute approximate surface area is 113 Å². The molecule has 0 N–H and O–H groups in total. The van der Waals surface area contributed by atoms with Gasteiger partial charge in [-0.05, 0) is 15.9 Å². The van der Waals surface area contributed by atoms with Crippen molar-refractivity contribution in [3.8, 4) is 0 Å². The second-order valence-corrected chi connectivity index (χ2v) is 5.16. The summed E-state index contributed by atoms with van der Waals surface area (Å²) in [6.45, 7) is 3.74. The third-order valence-electron chi connectivity index (χ3n) is 2.34. The molecule has 1 heterocycles. The molecule has 0 aliphatic heterocycles. The number of rotatable bonds is 4. The van der Waals surface area contributed by atoms with Crippen LogP contribution in [0.3, 0.4) is 0 Å². The second-order valence-electron chi connectivity index (χ2n) is 4.35. The molecule has 0 saturated heterocycles. The normalized spacial score (nSPS) is 12.0. The van der Waals surface area contributed by atoms with Crippen LogP contribution in [0.2, 0.25) is 0 Å². The molecule has 0 unspecified atom stereocenters. The quantitative estimate of drug-likeness (QED) is 0.789. The van der Waals surface area contributed by atoms with Gasteiger partial charge in [-0.25, -0.2) is 9.97 Å². The molecule has 0 atom stereocenters. The number of nitrogens with zero attached hydrogens (tertiary/aromatic N) is 3. The van der Waals surface area contributed by atoms with E-state index in [-0.39, 0.29) is 12.5 Å². The zero-order chi connectivity index (χ0) is 13.9. The van der Waals surface area contributed by atoms with E-state index in [1.54, 1.807) is 13.1 Å². The fraction of sp³-hybridized carbons (Fsp3) is 0.636. The summed E-state index contributed by atoms with van der Waals surface area (Å²) in [4.78, 5) is 9.91. The molecule has 0 spiro atoms. The molecule has 0 amide bonds. The van der Waals surface area contributed by atoms with Gasteiger partial charge in [-0.15, -0.1) is 0 Å². The van der Waals surface area contributed by atoms with Crippen molar-refractivity contribution in [1.29, 1.82) is 0 Å². The van der Waals surface area contributed by atoms with Crippen LogP contribution in [-0.4, -0.2) is 29.7 Å². The maximum Gasteiger partial charge on any atom is 0.390 e. The first-order valence-corrected chi connectivity index (χ1v) is 6.30. The van der Waals surface area contributed by atoms with E-state index < -0.39 is 12.6 Å². The van der Waals surface area contributed by atoms with E-state index in [1.807, 2.05) is 13.8 Å². The van der Waals surface area contributed by atoms with E-state index in [0.717, 1.165) is 0 Å². The molecule has 1 aromatic rings. The molecule has 0 saturated carbocycles. The number of halogens is 4. The van der Waals surface area contributed by atoms with Crippen LogP contribution in [-0.2, 0) is 0 Å². The lowest BCUT2D eigenvalue weighted by atomic mass is 10.2. The van der Waals surface area contributed by atoms with Gasteiger partial charge in [0.05, 0.1) is 6.42 Å². The topological polar surface area (TPSA) is 29.0 Å². The number of aromatic nitrogens is 2. The largest absolute Gasteiger partial charge is 0.390 e. The molecule has 0 fully saturated rings. The van der Waals surface area contributed by atoms with Crippen LogP contribution in [0.1, 0.15) is 32.0 Å². The van der Waals surface area contributed by atoms with Gasteiger partial charge < -0.3 is 4.90 Å². The Kier molecular flexibility index (Phi) is 4.95. The Balaban J connectivity index is 2.82. The molecule has 102 valence electrons. The summed E-state index contributed by atoms with van der Waals surface area (Å²) in [5, 5.41) is 0. The van der Waals surface area contributed by atoms with Crippen molar-refractivity contribution < 1.29 is 13.2 Å². The minimum Gasteiger partial charge on any atom is -0.359 e. The maximum atomic E-state index is 12.1. The van der Waals surface area contributed by atoms with E-state index in [4.69, 9.17) is 0 Å². The predicted molar refractivity (Wildman–Crippen MR) is 67.8 cm³/mol. The molecule has 0 aliphatic rings. The minimum atomic E-state index is -4.15. The first-order chi connectivity index (χ1) is 8.19. The lowest BCUT2D eigenvalue weighted by molar-refractivity contribution is -0.132. The monoisotopic (exact) mass is 325 g/mol. The van der Waals surface area contributed by atoms with Crippen molar-refractivity contribution in [2.75, 3.05) is 18.5 Å². The Hall–Kier alpha value is -0.850. The lowest BCUT2D eigenvalue weighted by Gasteiger charge is -2.20. The van der Waals surface area contributed by atoms with E-state index in [0.29, 0.717) is 16.2 Å². The van der Waals surface area contributed by atoms with Crippen molar-refractivity contribution >= 4 is 21.7 Å². The minimum absolute atomic E-state index is 0.121. The number of anilines is 1. The first kappa shape index (κ1) is 15.2. The van der Waals surface area contributed by atoms with Crippen LogP contribution in [0.4, 0.5) is 19.0 Å². The maximum absolute atomic E-state index is 12.1. The Morgan fingerprint density at radius 1 is 1.33 bits per heavy atom. The molecule has 0 aromatic carbocycles. The summed E-state index contributed by atoms with van der Waals surface area (Å²) >= 11 is 3.24. The van der Waals surface area contributed by atoms with Crippen LogP contribution >= 0.6 is 15.9 Å². The zero-order valence-corrected chi connectivity index (χ0v) is 12.0. The average Bonchev–Trinajstić information content (AvgIpc) is 2.23. The van der Waals surface area contributed by atoms with Crippen LogP contribution in [0.5, 0.6) is 0 Å². The molecule has 7 heteroatoms. The van der Waals surface area contributed by atoms with Gasteiger partial charge in [0, 0.05) is 25.6 Å². The SMILES string of the molecule is CC(C)c1nc(Br)cc(N(C)CCC(F)(F)F)n1. The highest BCUT2D eigenvalue weighted by Gasteiger charge is 2.27. The van der Waals surface area contributed by atoms with E-state index in [2.05, 4.69) is 25.9 Å². The zero-order valence-electron chi connectivity index (χ0n) is 10.4. The molecular weight excluding hydrogens is 311 g/mol. The third kappa shape index (κ3) is 4.80. The van der Waals surface area contributed by atoms with Crippen LogP contribution in [0.25, 0.3) is 0 Å². The summed E-state index contributed by atoms with van der Waals surface area (Å²) in [6, 6.07) is 1.61. The Morgan fingerprint density at radius 2 is 1.94 bits per heavy atom. The molecule has 0 radical (unpaired) electrons. The first-order valence-electron chi connectivity index (χ1n) is 5.51. The smallest absolute Gasteiger partial charge is 0.359 e. The van der Waals surface area contributed by atoms with E-state index >= 15 is 0 Å². The van der Waals surface area contributed by atoms with Crippen molar-refractivity contribution in [2.24, 2.45) is 0 Å². The number of hydrogen-bond donors (Lipinski definition) is 0. The number of hydrogen-bond acceptors (Lipinski definition) is 3. The van der Waals surface area contributed by atoms with Crippen molar-refractivity contribution in [2.45, 2.75) is 32.4 Å².